The number of fused-ring (bicyclic) bond motifs is 14. The number of hydrogen-bond acceptors (Lipinski definition) is 2. The van der Waals surface area contributed by atoms with Crippen LogP contribution in [0.25, 0.3) is 60.5 Å². The van der Waals surface area contributed by atoms with E-state index in [4.69, 9.17) is 0 Å². The lowest BCUT2D eigenvalue weighted by atomic mass is 9.70. The van der Waals surface area contributed by atoms with Crippen molar-refractivity contribution in [3.05, 3.63) is 283 Å². The van der Waals surface area contributed by atoms with Crippen LogP contribution in [0.5, 0.6) is 0 Å². The third-order valence-electron chi connectivity index (χ3n) is 14.5. The van der Waals surface area contributed by atoms with Crippen molar-refractivity contribution in [2.75, 3.05) is 9.80 Å². The molecule has 1 unspecified atom stereocenters. The van der Waals surface area contributed by atoms with Crippen LogP contribution in [0.3, 0.4) is 0 Å². The van der Waals surface area contributed by atoms with Crippen LogP contribution in [0, 0.1) is 0 Å². The third-order valence-corrected chi connectivity index (χ3v) is 14.5. The molecule has 1 heterocycles. The molecule has 1 spiro atoms. The van der Waals surface area contributed by atoms with Crippen LogP contribution in [-0.2, 0) is 5.41 Å². The van der Waals surface area contributed by atoms with Crippen LogP contribution >= 0.6 is 0 Å². The number of hydrogen-bond donors (Lipinski definition) is 0. The molecular weight excluding hydrogens is 823 g/mol. The summed E-state index contributed by atoms with van der Waals surface area (Å²) in [6, 6.07) is 96.2. The van der Waals surface area contributed by atoms with Crippen molar-refractivity contribution in [1.29, 1.82) is 0 Å². The lowest BCUT2D eigenvalue weighted by Crippen LogP contribution is -2.26. The number of nitrogens with zero attached hydrogens (tertiary/aromatic N) is 3. The molecule has 68 heavy (non-hydrogen) atoms. The van der Waals surface area contributed by atoms with Crippen LogP contribution in [0.1, 0.15) is 22.3 Å². The molecule has 0 saturated heterocycles. The van der Waals surface area contributed by atoms with Crippen LogP contribution < -0.4 is 9.80 Å². The molecule has 0 fully saturated rings. The molecule has 14 rings (SSSR count). The van der Waals surface area contributed by atoms with Gasteiger partial charge in [0, 0.05) is 55.8 Å². The highest BCUT2D eigenvalue weighted by Crippen LogP contribution is 2.66. The van der Waals surface area contributed by atoms with Crippen molar-refractivity contribution in [2.24, 2.45) is 0 Å². The van der Waals surface area contributed by atoms with Crippen molar-refractivity contribution in [3.63, 3.8) is 0 Å². The third kappa shape index (κ3) is 5.47. The monoisotopic (exact) mass is 865 g/mol. The first-order chi connectivity index (χ1) is 33.8. The molecule has 0 aliphatic heterocycles. The molecule has 0 saturated carbocycles. The van der Waals surface area contributed by atoms with Gasteiger partial charge < -0.3 is 14.4 Å². The SMILES string of the molecule is c1ccc(N(c2ccccc2)c2ccc3c(c2)C2(c4ccccc4-3)c3ccccc3-c3c2cc2ccccc2c3N(c2ccccc2)c2ccc3c(c2)c2ccccc2n3-c2ccccc2)cc1. The molecule has 1 aromatic heterocycles. The summed E-state index contributed by atoms with van der Waals surface area (Å²) in [7, 11) is 0. The predicted octanol–water partition coefficient (Wildman–Crippen LogP) is 17.2. The fourth-order valence-corrected chi connectivity index (χ4v) is 11.8. The lowest BCUT2D eigenvalue weighted by Gasteiger charge is -2.33. The van der Waals surface area contributed by atoms with Gasteiger partial charge in [-0.15, -0.1) is 0 Å². The fraction of sp³-hybridized carbons (Fsp3) is 0.0154. The van der Waals surface area contributed by atoms with E-state index in [2.05, 4.69) is 275 Å². The summed E-state index contributed by atoms with van der Waals surface area (Å²) >= 11 is 0. The lowest BCUT2D eigenvalue weighted by molar-refractivity contribution is 0.795. The Morgan fingerprint density at radius 1 is 0.294 bits per heavy atom. The number of para-hydroxylation sites is 5. The van der Waals surface area contributed by atoms with E-state index in [0.29, 0.717) is 0 Å². The summed E-state index contributed by atoms with van der Waals surface area (Å²) in [6.07, 6.45) is 0. The van der Waals surface area contributed by atoms with Gasteiger partial charge in [0.2, 0.25) is 0 Å². The maximum Gasteiger partial charge on any atom is 0.0727 e. The maximum absolute atomic E-state index is 2.54. The van der Waals surface area contributed by atoms with Gasteiger partial charge >= 0.3 is 0 Å². The van der Waals surface area contributed by atoms with Crippen molar-refractivity contribution in [2.45, 2.75) is 5.41 Å². The number of rotatable bonds is 7. The normalized spacial score (nSPS) is 14.2. The van der Waals surface area contributed by atoms with Crippen LogP contribution in [0.15, 0.2) is 261 Å². The molecule has 0 radical (unpaired) electrons. The maximum atomic E-state index is 2.54. The molecule has 1 atom stereocenters. The molecule has 3 nitrogen and oxygen atoms in total. The fourth-order valence-electron chi connectivity index (χ4n) is 11.8. The van der Waals surface area contributed by atoms with Gasteiger partial charge in [0.15, 0.2) is 0 Å². The van der Waals surface area contributed by atoms with E-state index in [1.807, 2.05) is 0 Å². The topological polar surface area (TPSA) is 11.4 Å². The zero-order chi connectivity index (χ0) is 44.8. The van der Waals surface area contributed by atoms with Gasteiger partial charge in [-0.25, -0.2) is 0 Å². The minimum Gasteiger partial charge on any atom is -0.310 e. The molecule has 11 aromatic carbocycles. The van der Waals surface area contributed by atoms with Gasteiger partial charge in [-0.2, -0.15) is 0 Å². The van der Waals surface area contributed by atoms with Gasteiger partial charge in [-0.3, -0.25) is 0 Å². The molecule has 2 aliphatic rings. The highest BCUT2D eigenvalue weighted by atomic mass is 15.2. The second kappa shape index (κ2) is 15.1. The zero-order valence-electron chi connectivity index (χ0n) is 37.2. The minimum absolute atomic E-state index is 0.610. The smallest absolute Gasteiger partial charge is 0.0727 e. The molecule has 12 aromatic rings. The molecule has 0 amide bonds. The van der Waals surface area contributed by atoms with Gasteiger partial charge in [-0.1, -0.05) is 170 Å². The number of benzene rings is 11. The van der Waals surface area contributed by atoms with Crippen molar-refractivity contribution in [1.82, 2.24) is 4.57 Å². The van der Waals surface area contributed by atoms with E-state index in [9.17, 15) is 0 Å². The van der Waals surface area contributed by atoms with E-state index < -0.39 is 5.41 Å². The Labute approximate surface area is 395 Å². The Kier molecular flexibility index (Phi) is 8.50. The second-order valence-electron chi connectivity index (χ2n) is 18.0. The van der Waals surface area contributed by atoms with Crippen LogP contribution in [-0.4, -0.2) is 4.57 Å². The first-order valence-electron chi connectivity index (χ1n) is 23.5. The van der Waals surface area contributed by atoms with Crippen LogP contribution in [0.2, 0.25) is 0 Å². The molecule has 3 heteroatoms. The van der Waals surface area contributed by atoms with Gasteiger partial charge in [-0.05, 0) is 135 Å². The van der Waals surface area contributed by atoms with E-state index in [1.54, 1.807) is 0 Å². The first kappa shape index (κ1) is 38.4. The van der Waals surface area contributed by atoms with Crippen molar-refractivity contribution in [3.8, 4) is 27.9 Å². The number of anilines is 6. The largest absolute Gasteiger partial charge is 0.310 e. The molecular formula is C65H43N3. The van der Waals surface area contributed by atoms with E-state index >= 15 is 0 Å². The summed E-state index contributed by atoms with van der Waals surface area (Å²) in [5.74, 6) is 0. The standard InChI is InChI=1S/C65H43N3/c1-5-22-45(23-6-1)66(46-24-7-2-8-25-46)50-37-39-53-52-31-15-18-34-57(52)65(59(53)43-50)58-35-19-16-33-55(58)63-60(65)41-44-21-13-14-30-51(44)64(63)67(47-26-9-3-10-27-47)49-38-40-62-56(42-49)54-32-17-20-36-61(54)68(62)48-28-11-4-12-29-48/h1-43H. The van der Waals surface area contributed by atoms with Gasteiger partial charge in [0.1, 0.15) is 0 Å². The Bertz CT molecular complexity index is 3870. The highest BCUT2D eigenvalue weighted by Gasteiger charge is 2.53. The quantitative estimate of drug-likeness (QED) is 0.158. The summed E-state index contributed by atoms with van der Waals surface area (Å²) in [6.45, 7) is 0. The Morgan fingerprint density at radius 2 is 0.794 bits per heavy atom. The minimum atomic E-state index is -0.610. The molecule has 0 bridgehead atoms. The first-order valence-corrected chi connectivity index (χ1v) is 23.5. The van der Waals surface area contributed by atoms with E-state index in [1.165, 1.54) is 82.8 Å². The number of aromatic nitrogens is 1. The highest BCUT2D eigenvalue weighted by molar-refractivity contribution is 6.14. The van der Waals surface area contributed by atoms with Gasteiger partial charge in [0.05, 0.1) is 22.1 Å². The van der Waals surface area contributed by atoms with Gasteiger partial charge in [0.25, 0.3) is 0 Å². The average Bonchev–Trinajstić information content (AvgIpc) is 4.01. The zero-order valence-corrected chi connectivity index (χ0v) is 37.2. The Balaban J connectivity index is 1.08. The second-order valence-corrected chi connectivity index (χ2v) is 18.0. The van der Waals surface area contributed by atoms with E-state index in [0.717, 1.165) is 34.1 Å². The molecule has 2 aliphatic carbocycles. The predicted molar refractivity (Wildman–Crippen MR) is 284 cm³/mol. The van der Waals surface area contributed by atoms with Crippen molar-refractivity contribution >= 4 is 66.7 Å². The summed E-state index contributed by atoms with van der Waals surface area (Å²) in [4.78, 5) is 4.93. The summed E-state index contributed by atoms with van der Waals surface area (Å²) in [5, 5.41) is 4.84. The Hall–Kier alpha value is -8.92. The van der Waals surface area contributed by atoms with Crippen LogP contribution in [0.4, 0.5) is 34.1 Å². The Morgan fingerprint density at radius 3 is 1.50 bits per heavy atom. The summed E-state index contributed by atoms with van der Waals surface area (Å²) < 4.78 is 2.40. The van der Waals surface area contributed by atoms with Crippen molar-refractivity contribution < 1.29 is 0 Å². The summed E-state index contributed by atoms with van der Waals surface area (Å²) in [5.41, 5.74) is 19.9. The molecule has 0 N–H and O–H groups in total. The van der Waals surface area contributed by atoms with E-state index in [-0.39, 0.29) is 0 Å². The average molecular weight is 866 g/mol. The molecule has 318 valence electrons.